The van der Waals surface area contributed by atoms with E-state index in [1.807, 2.05) is 18.2 Å². The van der Waals surface area contributed by atoms with Crippen molar-refractivity contribution in [2.45, 2.75) is 32.7 Å². The minimum atomic E-state index is -0.177. The Morgan fingerprint density at radius 1 is 1.06 bits per heavy atom. The van der Waals surface area contributed by atoms with E-state index in [-0.39, 0.29) is 11.3 Å². The maximum Gasteiger partial charge on any atom is 0.251 e. The second-order valence-corrected chi connectivity index (χ2v) is 8.33. The molecule has 3 rings (SSSR count). The quantitative estimate of drug-likeness (QED) is 0.571. The average molecular weight is 420 g/mol. The number of nitrogens with two attached hydrogens (primary N) is 1. The maximum atomic E-state index is 12.6. The minimum absolute atomic E-state index is 0.174. The highest BCUT2D eigenvalue weighted by molar-refractivity contribution is 5.94. The molecule has 0 bridgehead atoms. The van der Waals surface area contributed by atoms with Gasteiger partial charge in [-0.1, -0.05) is 20.8 Å². The molecule has 0 aliphatic carbocycles. The van der Waals surface area contributed by atoms with Crippen LogP contribution in [-0.4, -0.2) is 25.1 Å². The fourth-order valence-electron chi connectivity index (χ4n) is 3.46. The number of hydrogen-bond acceptors (Lipinski definition) is 5. The number of nitrogen functional groups attached to an aromatic ring is 1. The van der Waals surface area contributed by atoms with E-state index in [9.17, 15) is 4.79 Å². The molecule has 0 saturated heterocycles. The van der Waals surface area contributed by atoms with Gasteiger partial charge >= 0.3 is 0 Å². The van der Waals surface area contributed by atoms with Gasteiger partial charge in [-0.15, -0.1) is 0 Å². The van der Waals surface area contributed by atoms with Gasteiger partial charge < -0.3 is 20.5 Å². The molecule has 3 aromatic rings. The van der Waals surface area contributed by atoms with Crippen molar-refractivity contribution in [2.24, 2.45) is 0 Å². The van der Waals surface area contributed by atoms with Crippen LogP contribution in [0.4, 0.5) is 5.69 Å². The number of benzene rings is 2. The van der Waals surface area contributed by atoms with Crippen LogP contribution in [0.5, 0.6) is 11.6 Å². The fraction of sp³-hybridized carbons (Fsp3) is 0.280. The molecule has 0 unspecified atom stereocenters. The number of nitrogens with one attached hydrogen (secondary N) is 1. The standard InChI is InChI=1S/C25H29N3O3/c1-25(2,3)21-14-17(20-7-6-12-27-24(20)31-5)13-18(22(21)30-4)15-28-23(29)16-8-10-19(26)11-9-16/h6-14H,15,26H2,1-5H3,(H,28,29). The van der Waals surface area contributed by atoms with Gasteiger partial charge in [0.25, 0.3) is 5.91 Å². The Morgan fingerprint density at radius 2 is 1.77 bits per heavy atom. The van der Waals surface area contributed by atoms with E-state index in [4.69, 9.17) is 15.2 Å². The normalized spacial score (nSPS) is 11.1. The van der Waals surface area contributed by atoms with E-state index in [1.165, 1.54) is 0 Å². The molecule has 1 aromatic heterocycles. The van der Waals surface area contributed by atoms with Crippen molar-refractivity contribution in [1.29, 1.82) is 0 Å². The molecule has 0 fully saturated rings. The summed E-state index contributed by atoms with van der Waals surface area (Å²) < 4.78 is 11.3. The van der Waals surface area contributed by atoms with E-state index < -0.39 is 0 Å². The van der Waals surface area contributed by atoms with Crippen molar-refractivity contribution >= 4 is 11.6 Å². The number of carbonyl (C=O) groups excluding carboxylic acids is 1. The van der Waals surface area contributed by atoms with Gasteiger partial charge in [0.1, 0.15) is 5.75 Å². The smallest absolute Gasteiger partial charge is 0.251 e. The lowest BCUT2D eigenvalue weighted by molar-refractivity contribution is 0.0950. The highest BCUT2D eigenvalue weighted by Gasteiger charge is 2.24. The van der Waals surface area contributed by atoms with Crippen molar-refractivity contribution in [2.75, 3.05) is 20.0 Å². The van der Waals surface area contributed by atoms with Gasteiger partial charge in [-0.25, -0.2) is 4.98 Å². The highest BCUT2D eigenvalue weighted by Crippen LogP contribution is 2.39. The third-order valence-corrected chi connectivity index (χ3v) is 5.07. The second-order valence-electron chi connectivity index (χ2n) is 8.33. The number of aromatic nitrogens is 1. The van der Waals surface area contributed by atoms with Crippen molar-refractivity contribution < 1.29 is 14.3 Å². The zero-order valence-electron chi connectivity index (χ0n) is 18.7. The summed E-state index contributed by atoms with van der Waals surface area (Å²) in [6, 6.07) is 14.8. The van der Waals surface area contributed by atoms with Gasteiger partial charge in [0, 0.05) is 40.7 Å². The lowest BCUT2D eigenvalue weighted by Crippen LogP contribution is -2.24. The summed E-state index contributed by atoms with van der Waals surface area (Å²) in [6.07, 6.45) is 1.70. The molecule has 3 N–H and O–H groups in total. The number of rotatable bonds is 6. The van der Waals surface area contributed by atoms with Gasteiger partial charge in [0.2, 0.25) is 5.88 Å². The number of hydrogen-bond donors (Lipinski definition) is 2. The first-order valence-electron chi connectivity index (χ1n) is 10.1. The van der Waals surface area contributed by atoms with E-state index in [0.29, 0.717) is 23.7 Å². The first kappa shape index (κ1) is 22.2. The molecule has 1 amide bonds. The third-order valence-electron chi connectivity index (χ3n) is 5.07. The van der Waals surface area contributed by atoms with Crippen LogP contribution >= 0.6 is 0 Å². The van der Waals surface area contributed by atoms with E-state index in [2.05, 4.69) is 37.1 Å². The fourth-order valence-corrected chi connectivity index (χ4v) is 3.46. The third kappa shape index (κ3) is 4.97. The first-order valence-corrected chi connectivity index (χ1v) is 10.1. The summed E-state index contributed by atoms with van der Waals surface area (Å²) in [5.74, 6) is 1.13. The summed E-state index contributed by atoms with van der Waals surface area (Å²) in [6.45, 7) is 6.70. The van der Waals surface area contributed by atoms with Crippen LogP contribution in [-0.2, 0) is 12.0 Å². The molecule has 0 aliphatic heterocycles. The van der Waals surface area contributed by atoms with Crippen LogP contribution in [0.15, 0.2) is 54.7 Å². The van der Waals surface area contributed by atoms with Crippen LogP contribution < -0.4 is 20.5 Å². The number of ether oxygens (including phenoxy) is 2. The molecule has 2 aromatic carbocycles. The molecule has 1 heterocycles. The number of amides is 1. The van der Waals surface area contributed by atoms with Crippen LogP contribution in [0.1, 0.15) is 42.3 Å². The van der Waals surface area contributed by atoms with Crippen LogP contribution in [0.3, 0.4) is 0 Å². The largest absolute Gasteiger partial charge is 0.496 e. The van der Waals surface area contributed by atoms with Crippen LogP contribution in [0.25, 0.3) is 11.1 Å². The Morgan fingerprint density at radius 3 is 2.39 bits per heavy atom. The van der Waals surface area contributed by atoms with Crippen molar-refractivity contribution in [3.8, 4) is 22.8 Å². The Balaban J connectivity index is 2.03. The van der Waals surface area contributed by atoms with Crippen molar-refractivity contribution in [1.82, 2.24) is 10.3 Å². The number of anilines is 1. The van der Waals surface area contributed by atoms with Gasteiger partial charge in [-0.05, 0) is 59.5 Å². The topological polar surface area (TPSA) is 86.5 Å². The zero-order chi connectivity index (χ0) is 22.6. The molecule has 0 aliphatic rings. The predicted molar refractivity (Wildman–Crippen MR) is 124 cm³/mol. The molecule has 0 saturated carbocycles. The van der Waals surface area contributed by atoms with Gasteiger partial charge in [-0.2, -0.15) is 0 Å². The van der Waals surface area contributed by atoms with Crippen LogP contribution in [0.2, 0.25) is 0 Å². The molecule has 0 spiro atoms. The lowest BCUT2D eigenvalue weighted by atomic mass is 9.83. The van der Waals surface area contributed by atoms with Crippen molar-refractivity contribution in [3.05, 3.63) is 71.4 Å². The molecular weight excluding hydrogens is 390 g/mol. The molecular formula is C25H29N3O3. The molecule has 162 valence electrons. The first-order chi connectivity index (χ1) is 14.7. The summed E-state index contributed by atoms with van der Waals surface area (Å²) in [5, 5.41) is 2.99. The summed E-state index contributed by atoms with van der Waals surface area (Å²) in [7, 11) is 3.26. The SMILES string of the molecule is COc1ncccc1-c1cc(CNC(=O)c2ccc(N)cc2)c(OC)c(C(C)(C)C)c1. The van der Waals surface area contributed by atoms with Gasteiger partial charge in [0.05, 0.1) is 14.2 Å². The molecule has 6 nitrogen and oxygen atoms in total. The maximum absolute atomic E-state index is 12.6. The van der Waals surface area contributed by atoms with E-state index >= 15 is 0 Å². The minimum Gasteiger partial charge on any atom is -0.496 e. The Kier molecular flexibility index (Phi) is 6.49. The zero-order valence-corrected chi connectivity index (χ0v) is 18.7. The molecule has 6 heteroatoms. The Hall–Kier alpha value is -3.54. The summed E-state index contributed by atoms with van der Waals surface area (Å²) in [5.41, 5.74) is 10.5. The number of pyridine rings is 1. The van der Waals surface area contributed by atoms with E-state index in [1.54, 1.807) is 44.7 Å². The highest BCUT2D eigenvalue weighted by atomic mass is 16.5. The van der Waals surface area contributed by atoms with Crippen molar-refractivity contribution in [3.63, 3.8) is 0 Å². The number of nitrogens with zero attached hydrogens (tertiary/aromatic N) is 1. The molecule has 0 atom stereocenters. The Bertz CT molecular complexity index is 1070. The summed E-state index contributed by atoms with van der Waals surface area (Å²) in [4.78, 5) is 17.0. The molecule has 0 radical (unpaired) electrons. The van der Waals surface area contributed by atoms with Gasteiger partial charge in [0.15, 0.2) is 0 Å². The monoisotopic (exact) mass is 419 g/mol. The second kappa shape index (κ2) is 9.08. The number of carbonyl (C=O) groups is 1. The Labute approximate surface area is 183 Å². The number of methoxy groups -OCH3 is 2. The van der Waals surface area contributed by atoms with Crippen LogP contribution in [0, 0.1) is 0 Å². The average Bonchev–Trinajstić information content (AvgIpc) is 2.76. The van der Waals surface area contributed by atoms with Gasteiger partial charge in [-0.3, -0.25) is 4.79 Å². The summed E-state index contributed by atoms with van der Waals surface area (Å²) >= 11 is 0. The lowest BCUT2D eigenvalue weighted by Gasteiger charge is -2.25. The predicted octanol–water partition coefficient (Wildman–Crippen LogP) is 4.58. The molecule has 31 heavy (non-hydrogen) atoms. The van der Waals surface area contributed by atoms with E-state index in [0.717, 1.165) is 28.0 Å².